The summed E-state index contributed by atoms with van der Waals surface area (Å²) >= 11 is 0. The quantitative estimate of drug-likeness (QED) is 0.607. The highest BCUT2D eigenvalue weighted by molar-refractivity contribution is 5.79. The predicted molar refractivity (Wildman–Crippen MR) is 94.2 cm³/mol. The Kier molecular flexibility index (Phi) is 6.66. The molecule has 1 heterocycles. The molecule has 23 heavy (non-hydrogen) atoms. The Bertz CT molecular complexity index is 602. The molecule has 0 radical (unpaired) electrons. The van der Waals surface area contributed by atoms with Gasteiger partial charge in [0.2, 0.25) is 0 Å². The fourth-order valence-corrected chi connectivity index (χ4v) is 2.35. The van der Waals surface area contributed by atoms with Crippen LogP contribution in [0.2, 0.25) is 0 Å². The zero-order valence-corrected chi connectivity index (χ0v) is 14.2. The molecule has 0 saturated carbocycles. The number of rotatable bonds is 7. The molecule has 0 saturated heterocycles. The van der Waals surface area contributed by atoms with Crippen molar-refractivity contribution in [1.82, 2.24) is 15.8 Å². The van der Waals surface area contributed by atoms with E-state index in [1.807, 2.05) is 36.4 Å². The predicted octanol–water partition coefficient (Wildman–Crippen LogP) is 3.44. The topological polar surface area (TPSA) is 62.5 Å². The molecule has 1 aromatic heterocycles. The van der Waals surface area contributed by atoms with E-state index in [1.54, 1.807) is 7.05 Å². The van der Waals surface area contributed by atoms with Crippen molar-refractivity contribution in [3.05, 3.63) is 42.1 Å². The summed E-state index contributed by atoms with van der Waals surface area (Å²) in [6, 6.07) is 11.9. The van der Waals surface area contributed by atoms with Crippen LogP contribution < -0.4 is 10.6 Å². The van der Waals surface area contributed by atoms with Crippen molar-refractivity contribution in [1.29, 1.82) is 0 Å². The van der Waals surface area contributed by atoms with E-state index in [-0.39, 0.29) is 0 Å². The highest BCUT2D eigenvalue weighted by Gasteiger charge is 2.08. The van der Waals surface area contributed by atoms with E-state index in [9.17, 15) is 0 Å². The van der Waals surface area contributed by atoms with Gasteiger partial charge in [0.25, 0.3) is 0 Å². The van der Waals surface area contributed by atoms with Crippen molar-refractivity contribution in [3.8, 4) is 11.3 Å². The third-order valence-electron chi connectivity index (χ3n) is 3.99. The van der Waals surface area contributed by atoms with Gasteiger partial charge in [0, 0.05) is 25.2 Å². The van der Waals surface area contributed by atoms with Gasteiger partial charge in [-0.2, -0.15) is 0 Å². The van der Waals surface area contributed by atoms with Crippen LogP contribution in [-0.2, 0) is 6.54 Å². The zero-order valence-electron chi connectivity index (χ0n) is 14.2. The molecule has 0 aliphatic rings. The largest absolute Gasteiger partial charge is 0.356 e. The summed E-state index contributed by atoms with van der Waals surface area (Å²) in [7, 11) is 1.78. The Labute approximate surface area is 138 Å². The second-order valence-electron chi connectivity index (χ2n) is 5.54. The first-order valence-corrected chi connectivity index (χ1v) is 8.22. The van der Waals surface area contributed by atoms with Crippen molar-refractivity contribution in [2.24, 2.45) is 10.9 Å². The summed E-state index contributed by atoms with van der Waals surface area (Å²) in [6.45, 7) is 5.94. The molecule has 0 aliphatic heterocycles. The average Bonchev–Trinajstić information content (AvgIpc) is 3.08. The Morgan fingerprint density at radius 2 is 1.91 bits per heavy atom. The van der Waals surface area contributed by atoms with E-state index in [0.29, 0.717) is 12.5 Å². The standard InChI is InChI=1S/C18H26N4O/c1-4-14(5-2)12-20-18(19-3)21-13-16-11-17(23-22-16)15-9-7-6-8-10-15/h6-11,14H,4-5,12-13H2,1-3H3,(H2,19,20,21). The number of hydrogen-bond acceptors (Lipinski definition) is 3. The second kappa shape index (κ2) is 8.98. The van der Waals surface area contributed by atoms with Crippen LogP contribution in [0.3, 0.4) is 0 Å². The van der Waals surface area contributed by atoms with Crippen LogP contribution in [-0.4, -0.2) is 24.7 Å². The first kappa shape index (κ1) is 17.1. The highest BCUT2D eigenvalue weighted by atomic mass is 16.5. The average molecular weight is 314 g/mol. The maximum Gasteiger partial charge on any atom is 0.191 e. The van der Waals surface area contributed by atoms with Crippen molar-refractivity contribution < 1.29 is 4.52 Å². The molecule has 2 rings (SSSR count). The molecule has 2 N–H and O–H groups in total. The van der Waals surface area contributed by atoms with E-state index in [4.69, 9.17) is 4.52 Å². The molecule has 0 aliphatic carbocycles. The van der Waals surface area contributed by atoms with Gasteiger partial charge < -0.3 is 15.2 Å². The van der Waals surface area contributed by atoms with E-state index in [1.165, 1.54) is 12.8 Å². The Balaban J connectivity index is 1.86. The van der Waals surface area contributed by atoms with Gasteiger partial charge in [-0.3, -0.25) is 4.99 Å². The minimum Gasteiger partial charge on any atom is -0.356 e. The molecule has 1 aromatic carbocycles. The molecule has 0 spiro atoms. The van der Waals surface area contributed by atoms with Crippen molar-refractivity contribution in [3.63, 3.8) is 0 Å². The molecular weight excluding hydrogens is 288 g/mol. The Hall–Kier alpha value is -2.30. The maximum absolute atomic E-state index is 5.40. The molecule has 0 atom stereocenters. The lowest BCUT2D eigenvalue weighted by atomic mass is 10.0. The summed E-state index contributed by atoms with van der Waals surface area (Å²) in [5.74, 6) is 2.24. The minimum absolute atomic E-state index is 0.582. The van der Waals surface area contributed by atoms with Crippen molar-refractivity contribution in [2.45, 2.75) is 33.2 Å². The van der Waals surface area contributed by atoms with Gasteiger partial charge in [0.15, 0.2) is 11.7 Å². The second-order valence-corrected chi connectivity index (χ2v) is 5.54. The fourth-order valence-electron chi connectivity index (χ4n) is 2.35. The first-order valence-electron chi connectivity index (χ1n) is 8.22. The minimum atomic E-state index is 0.582. The van der Waals surface area contributed by atoms with Gasteiger partial charge >= 0.3 is 0 Å². The van der Waals surface area contributed by atoms with Gasteiger partial charge in [-0.25, -0.2) is 0 Å². The molecule has 0 bridgehead atoms. The van der Waals surface area contributed by atoms with Gasteiger partial charge in [0.1, 0.15) is 5.69 Å². The zero-order chi connectivity index (χ0) is 16.5. The van der Waals surface area contributed by atoms with Crippen LogP contribution in [0.1, 0.15) is 32.4 Å². The third kappa shape index (κ3) is 5.13. The van der Waals surface area contributed by atoms with Crippen LogP contribution in [0, 0.1) is 5.92 Å². The van der Waals surface area contributed by atoms with Crippen LogP contribution in [0.25, 0.3) is 11.3 Å². The number of aliphatic imine (C=N–C) groups is 1. The smallest absolute Gasteiger partial charge is 0.191 e. The van der Waals surface area contributed by atoms with Crippen LogP contribution in [0.5, 0.6) is 0 Å². The lowest BCUT2D eigenvalue weighted by Gasteiger charge is -2.16. The van der Waals surface area contributed by atoms with E-state index >= 15 is 0 Å². The molecule has 0 unspecified atom stereocenters. The summed E-state index contributed by atoms with van der Waals surface area (Å²) in [5, 5.41) is 10.7. The van der Waals surface area contributed by atoms with Gasteiger partial charge in [0.05, 0.1) is 6.54 Å². The number of hydrogen-bond donors (Lipinski definition) is 2. The number of nitrogens with one attached hydrogen (secondary N) is 2. The normalized spacial score (nSPS) is 11.7. The van der Waals surface area contributed by atoms with Gasteiger partial charge in [-0.05, 0) is 5.92 Å². The van der Waals surface area contributed by atoms with Crippen molar-refractivity contribution >= 4 is 5.96 Å². The van der Waals surface area contributed by atoms with Crippen LogP contribution in [0.15, 0.2) is 45.9 Å². The Morgan fingerprint density at radius 1 is 1.17 bits per heavy atom. The SMILES string of the molecule is CCC(CC)CNC(=NC)NCc1cc(-c2ccccc2)on1. The fraction of sp³-hybridized carbons (Fsp3) is 0.444. The first-order chi connectivity index (χ1) is 11.3. The molecular formula is C18H26N4O. The number of aromatic nitrogens is 1. The van der Waals surface area contributed by atoms with Gasteiger partial charge in [-0.15, -0.1) is 0 Å². The monoisotopic (exact) mass is 314 g/mol. The molecule has 0 amide bonds. The Morgan fingerprint density at radius 3 is 2.57 bits per heavy atom. The summed E-state index contributed by atoms with van der Waals surface area (Å²) in [5.41, 5.74) is 1.89. The molecule has 0 fully saturated rings. The van der Waals surface area contributed by atoms with Crippen LogP contribution in [0.4, 0.5) is 0 Å². The van der Waals surface area contributed by atoms with E-state index < -0.39 is 0 Å². The molecule has 2 aromatic rings. The number of guanidine groups is 1. The van der Waals surface area contributed by atoms with Crippen molar-refractivity contribution in [2.75, 3.05) is 13.6 Å². The highest BCUT2D eigenvalue weighted by Crippen LogP contribution is 2.19. The number of nitrogens with zero attached hydrogens (tertiary/aromatic N) is 2. The molecule has 5 heteroatoms. The maximum atomic E-state index is 5.40. The van der Waals surface area contributed by atoms with Gasteiger partial charge in [-0.1, -0.05) is 62.2 Å². The van der Waals surface area contributed by atoms with E-state index in [0.717, 1.165) is 29.5 Å². The third-order valence-corrected chi connectivity index (χ3v) is 3.99. The summed E-state index contributed by atoms with van der Waals surface area (Å²) in [6.07, 6.45) is 2.34. The molecule has 5 nitrogen and oxygen atoms in total. The van der Waals surface area contributed by atoms with E-state index in [2.05, 4.69) is 34.6 Å². The molecule has 124 valence electrons. The summed E-state index contributed by atoms with van der Waals surface area (Å²) in [4.78, 5) is 4.24. The lowest BCUT2D eigenvalue weighted by molar-refractivity contribution is 0.422. The number of benzene rings is 1. The summed E-state index contributed by atoms with van der Waals surface area (Å²) < 4.78 is 5.40. The lowest BCUT2D eigenvalue weighted by Crippen LogP contribution is -2.39. The van der Waals surface area contributed by atoms with Crippen LogP contribution >= 0.6 is 0 Å².